The van der Waals surface area contributed by atoms with Gasteiger partial charge >= 0.3 is 0 Å². The van der Waals surface area contributed by atoms with Crippen LogP contribution in [0.15, 0.2) is 6.07 Å². The van der Waals surface area contributed by atoms with Gasteiger partial charge in [-0.3, -0.25) is 14.3 Å². The molecule has 0 aromatic carbocycles. The summed E-state index contributed by atoms with van der Waals surface area (Å²) in [5.41, 5.74) is 0.565. The summed E-state index contributed by atoms with van der Waals surface area (Å²) in [4.78, 5) is 24.4. The first kappa shape index (κ1) is 16.0. The molecule has 7 nitrogen and oxygen atoms in total. The van der Waals surface area contributed by atoms with E-state index >= 15 is 0 Å². The van der Waals surface area contributed by atoms with Gasteiger partial charge in [0, 0.05) is 18.7 Å². The van der Waals surface area contributed by atoms with Crippen molar-refractivity contribution in [3.05, 3.63) is 17.5 Å². The highest BCUT2D eigenvalue weighted by Gasteiger charge is 2.25. The zero-order valence-electron chi connectivity index (χ0n) is 13.3. The maximum Gasteiger partial charge on any atom is 0.272 e. The molecule has 0 radical (unpaired) electrons. The van der Waals surface area contributed by atoms with Crippen LogP contribution in [-0.4, -0.2) is 45.4 Å². The lowest BCUT2D eigenvalue weighted by Gasteiger charge is -2.20. The number of fused-ring (bicyclic) bond motifs is 1. The van der Waals surface area contributed by atoms with Crippen molar-refractivity contribution >= 4 is 11.8 Å². The number of hydrogen-bond donors (Lipinski definition) is 3. The van der Waals surface area contributed by atoms with Gasteiger partial charge < -0.3 is 15.7 Å². The second kappa shape index (κ2) is 7.12. The first-order chi connectivity index (χ1) is 11.1. The molecule has 1 atom stereocenters. The number of carbonyl (C=O) groups excluding carboxylic acids is 2. The predicted molar refractivity (Wildman–Crippen MR) is 84.1 cm³/mol. The molecule has 0 spiro atoms. The van der Waals surface area contributed by atoms with Crippen LogP contribution >= 0.6 is 0 Å². The lowest BCUT2D eigenvalue weighted by Crippen LogP contribution is -2.35. The van der Waals surface area contributed by atoms with Gasteiger partial charge in [-0.1, -0.05) is 32.1 Å². The van der Waals surface area contributed by atoms with Gasteiger partial charge in [0.2, 0.25) is 0 Å². The highest BCUT2D eigenvalue weighted by atomic mass is 16.3. The van der Waals surface area contributed by atoms with Crippen molar-refractivity contribution in [1.29, 1.82) is 0 Å². The van der Waals surface area contributed by atoms with Crippen LogP contribution in [0.2, 0.25) is 0 Å². The third-order valence-corrected chi connectivity index (χ3v) is 4.57. The minimum atomic E-state index is -0.693. The largest absolute Gasteiger partial charge is 0.389 e. The van der Waals surface area contributed by atoms with Crippen molar-refractivity contribution in [1.82, 2.24) is 20.4 Å². The van der Waals surface area contributed by atoms with E-state index in [-0.39, 0.29) is 36.6 Å². The lowest BCUT2D eigenvalue weighted by molar-refractivity contribution is 0.0922. The van der Waals surface area contributed by atoms with E-state index in [9.17, 15) is 14.7 Å². The lowest BCUT2D eigenvalue weighted by atomic mass is 9.96. The van der Waals surface area contributed by atoms with E-state index in [2.05, 4.69) is 15.7 Å². The minimum Gasteiger partial charge on any atom is -0.389 e. The molecule has 0 bridgehead atoms. The zero-order valence-corrected chi connectivity index (χ0v) is 13.3. The number of aromatic nitrogens is 2. The quantitative estimate of drug-likeness (QED) is 0.752. The summed E-state index contributed by atoms with van der Waals surface area (Å²) in [6.45, 7) is 0.413. The maximum atomic E-state index is 12.4. The highest BCUT2D eigenvalue weighted by Crippen LogP contribution is 2.18. The van der Waals surface area contributed by atoms with E-state index in [1.807, 2.05) is 0 Å². The molecule has 1 unspecified atom stereocenters. The van der Waals surface area contributed by atoms with Crippen molar-refractivity contribution in [3.8, 4) is 0 Å². The number of aliphatic hydroxyl groups is 1. The van der Waals surface area contributed by atoms with Crippen LogP contribution in [-0.2, 0) is 6.54 Å². The van der Waals surface area contributed by atoms with Crippen LogP contribution in [0, 0.1) is 0 Å². The number of nitrogens with one attached hydrogen (secondary N) is 2. The summed E-state index contributed by atoms with van der Waals surface area (Å²) in [6, 6.07) is 1.69. The molecule has 1 saturated carbocycles. The van der Waals surface area contributed by atoms with E-state index in [4.69, 9.17) is 0 Å². The van der Waals surface area contributed by atoms with Crippen LogP contribution in [0.5, 0.6) is 0 Å². The molecule has 126 valence electrons. The van der Waals surface area contributed by atoms with Crippen LogP contribution in [0.25, 0.3) is 0 Å². The highest BCUT2D eigenvalue weighted by molar-refractivity contribution is 5.98. The molecule has 23 heavy (non-hydrogen) atoms. The average Bonchev–Trinajstić information content (AvgIpc) is 2.86. The first-order valence-corrected chi connectivity index (χ1v) is 8.48. The zero-order chi connectivity index (χ0) is 16.2. The van der Waals surface area contributed by atoms with Crippen molar-refractivity contribution in [3.63, 3.8) is 0 Å². The van der Waals surface area contributed by atoms with E-state index < -0.39 is 6.10 Å². The van der Waals surface area contributed by atoms with Gasteiger partial charge in [-0.25, -0.2) is 0 Å². The molecule has 0 saturated heterocycles. The third kappa shape index (κ3) is 3.90. The molecule has 1 aromatic rings. The van der Waals surface area contributed by atoms with Crippen LogP contribution < -0.4 is 10.6 Å². The summed E-state index contributed by atoms with van der Waals surface area (Å²) in [5.74, 6) is -0.544. The van der Waals surface area contributed by atoms with Crippen molar-refractivity contribution in [2.75, 3.05) is 6.54 Å². The van der Waals surface area contributed by atoms with Gasteiger partial charge in [-0.2, -0.15) is 5.10 Å². The van der Waals surface area contributed by atoms with Crippen molar-refractivity contribution < 1.29 is 14.7 Å². The molecule has 2 amide bonds. The molecule has 3 rings (SSSR count). The Bertz CT molecular complexity index is 576. The normalized spacial score (nSPS) is 23.2. The van der Waals surface area contributed by atoms with Crippen molar-refractivity contribution in [2.24, 2.45) is 0 Å². The van der Waals surface area contributed by atoms with Crippen LogP contribution in [0.4, 0.5) is 0 Å². The topological polar surface area (TPSA) is 96.2 Å². The second-order valence-corrected chi connectivity index (χ2v) is 6.48. The number of aliphatic hydroxyl groups excluding tert-OH is 1. The summed E-state index contributed by atoms with van der Waals surface area (Å²) in [6.07, 6.45) is 7.31. The Hall–Kier alpha value is -1.89. The Balaban J connectivity index is 1.69. The fraction of sp³-hybridized carbons (Fsp3) is 0.688. The summed E-state index contributed by atoms with van der Waals surface area (Å²) in [7, 11) is 0. The number of hydrogen-bond acceptors (Lipinski definition) is 4. The number of carbonyl (C=O) groups is 2. The van der Waals surface area contributed by atoms with Gasteiger partial charge in [-0.15, -0.1) is 0 Å². The molecular formula is C16H24N4O3. The third-order valence-electron chi connectivity index (χ3n) is 4.57. The Labute approximate surface area is 135 Å². The van der Waals surface area contributed by atoms with Crippen molar-refractivity contribution in [2.45, 2.75) is 63.6 Å². The molecule has 1 aliphatic heterocycles. The van der Waals surface area contributed by atoms with Crippen LogP contribution in [0.1, 0.15) is 65.9 Å². The molecule has 1 fully saturated rings. The van der Waals surface area contributed by atoms with Crippen LogP contribution in [0.3, 0.4) is 0 Å². The number of nitrogens with zero attached hydrogens (tertiary/aromatic N) is 2. The molecule has 2 heterocycles. The fourth-order valence-electron chi connectivity index (χ4n) is 3.27. The molecule has 1 aliphatic carbocycles. The van der Waals surface area contributed by atoms with Gasteiger partial charge in [0.25, 0.3) is 11.8 Å². The Morgan fingerprint density at radius 1 is 1.26 bits per heavy atom. The molecular weight excluding hydrogens is 296 g/mol. The monoisotopic (exact) mass is 320 g/mol. The Morgan fingerprint density at radius 2 is 1.96 bits per heavy atom. The Morgan fingerprint density at radius 3 is 2.70 bits per heavy atom. The fourth-order valence-corrected chi connectivity index (χ4v) is 3.27. The molecule has 2 aliphatic rings. The van der Waals surface area contributed by atoms with E-state index in [0.717, 1.165) is 25.7 Å². The summed E-state index contributed by atoms with van der Waals surface area (Å²) in [5, 5.41) is 19.6. The number of β-amino-alcohol motifs (C(OH)–C–C–N with tert-alkyl or cyclic N) is 1. The summed E-state index contributed by atoms with van der Waals surface area (Å²) < 4.78 is 1.42. The summed E-state index contributed by atoms with van der Waals surface area (Å²) >= 11 is 0. The first-order valence-electron chi connectivity index (χ1n) is 8.48. The number of rotatable bonds is 2. The second-order valence-electron chi connectivity index (χ2n) is 6.48. The standard InChI is InChI=1S/C16H24N4O3/c21-12-9-17-16(23)14-8-13(19-20(14)10-12)15(22)18-11-6-4-2-1-3-5-7-11/h8,11-12,21H,1-7,9-10H2,(H,17,23)(H,18,22). The maximum absolute atomic E-state index is 12.4. The molecule has 3 N–H and O–H groups in total. The SMILES string of the molecule is O=C(NC1CCCCCCC1)c1cc2n(n1)CC(O)CNC2=O. The van der Waals surface area contributed by atoms with Gasteiger partial charge in [0.1, 0.15) is 5.69 Å². The van der Waals surface area contributed by atoms with Gasteiger partial charge in [-0.05, 0) is 12.8 Å². The average molecular weight is 320 g/mol. The molecule has 7 heteroatoms. The minimum absolute atomic E-state index is 0.184. The predicted octanol–water partition coefficient (Wildman–Crippen LogP) is 0.830. The van der Waals surface area contributed by atoms with E-state index in [1.165, 1.54) is 30.0 Å². The Kier molecular flexibility index (Phi) is 4.95. The van der Waals surface area contributed by atoms with Gasteiger partial charge in [0.15, 0.2) is 5.69 Å². The van der Waals surface area contributed by atoms with E-state index in [0.29, 0.717) is 5.69 Å². The van der Waals surface area contributed by atoms with Gasteiger partial charge in [0.05, 0.1) is 12.6 Å². The van der Waals surface area contributed by atoms with E-state index in [1.54, 1.807) is 0 Å². The smallest absolute Gasteiger partial charge is 0.272 e. The molecule has 1 aromatic heterocycles. The number of amides is 2.